The maximum Gasteiger partial charge on any atom is 0.167 e. The zero-order valence-electron chi connectivity index (χ0n) is 31.5. The molecule has 8 aliphatic rings. The Kier molecular flexibility index (Phi) is 9.06. The molecular formula is C44H60O6. The molecule has 8 aliphatic carbocycles. The van der Waals surface area contributed by atoms with Gasteiger partial charge >= 0.3 is 0 Å². The molecule has 50 heavy (non-hydrogen) atoms. The third-order valence-electron chi connectivity index (χ3n) is 16.5. The quantitative estimate of drug-likeness (QED) is 0.309. The van der Waals surface area contributed by atoms with Gasteiger partial charge in [-0.25, -0.2) is 0 Å². The van der Waals surface area contributed by atoms with Crippen LogP contribution in [0.2, 0.25) is 0 Å². The molecule has 0 spiro atoms. The van der Waals surface area contributed by atoms with Crippen LogP contribution in [0.4, 0.5) is 0 Å². The molecule has 0 aromatic rings. The van der Waals surface area contributed by atoms with Gasteiger partial charge in [-0.15, -0.1) is 0 Å². The van der Waals surface area contributed by atoms with Crippen LogP contribution in [-0.4, -0.2) is 45.6 Å². The minimum absolute atomic E-state index is 0.0124. The Bertz CT molecular complexity index is 1520. The minimum Gasteiger partial charge on any atom is -0.386 e. The zero-order valence-corrected chi connectivity index (χ0v) is 31.5. The van der Waals surface area contributed by atoms with Gasteiger partial charge in [-0.05, 0) is 173 Å². The highest BCUT2D eigenvalue weighted by Gasteiger charge is 2.63. The summed E-state index contributed by atoms with van der Waals surface area (Å²) in [6, 6.07) is 0. The second-order valence-corrected chi connectivity index (χ2v) is 18.4. The molecule has 0 heterocycles. The predicted octanol–water partition coefficient (Wildman–Crippen LogP) is 8.30. The van der Waals surface area contributed by atoms with Crippen molar-refractivity contribution < 1.29 is 29.4 Å². The Morgan fingerprint density at radius 2 is 0.960 bits per heavy atom. The summed E-state index contributed by atoms with van der Waals surface area (Å²) in [6.45, 7) is 12.1. The molecule has 6 nitrogen and oxygen atoms in total. The lowest BCUT2D eigenvalue weighted by Gasteiger charge is -2.52. The number of hydrogen-bond donors (Lipinski definition) is 2. The standard InChI is InChI=1S/2C22H30O3/c2*1-13(23)20(25)22(3)11-9-19-18-6-4-14-12-15(24)5-7-16(14)17(18)8-10-21(19,22)2/h2*12-13,18-19,23H,4-11H2,1-3H3/t13-,18+,19-,21-,22+;13-,18-,19+,21+,22-/m01/s1. The topological polar surface area (TPSA) is 109 Å². The average molecular weight is 685 g/mol. The second-order valence-electron chi connectivity index (χ2n) is 18.4. The summed E-state index contributed by atoms with van der Waals surface area (Å²) in [5.74, 6) is 2.86. The van der Waals surface area contributed by atoms with E-state index in [1.165, 1.54) is 22.3 Å². The van der Waals surface area contributed by atoms with E-state index in [2.05, 4.69) is 27.7 Å². The number of hydrogen-bond acceptors (Lipinski definition) is 6. The first kappa shape index (κ1) is 35.9. The highest BCUT2D eigenvalue weighted by molar-refractivity contribution is 5.94. The van der Waals surface area contributed by atoms with Crippen LogP contribution in [-0.2, 0) is 19.2 Å². The maximum absolute atomic E-state index is 12.8. The first-order valence-electron chi connectivity index (χ1n) is 19.9. The van der Waals surface area contributed by atoms with Gasteiger partial charge in [-0.2, -0.15) is 0 Å². The number of ketones is 4. The summed E-state index contributed by atoms with van der Waals surface area (Å²) >= 11 is 0. The van der Waals surface area contributed by atoms with Crippen LogP contribution < -0.4 is 0 Å². The van der Waals surface area contributed by atoms with Gasteiger partial charge in [-0.1, -0.05) is 38.8 Å². The number of allylic oxidation sites excluding steroid dienone is 8. The number of Topliss-reactive ketones (excluding diaryl/α,β-unsaturated/α-hetero) is 2. The van der Waals surface area contributed by atoms with Gasteiger partial charge in [0.15, 0.2) is 23.1 Å². The average Bonchev–Trinajstić information content (AvgIpc) is 3.53. The molecule has 0 radical (unpaired) electrons. The highest BCUT2D eigenvalue weighted by atomic mass is 16.3. The molecule has 2 N–H and O–H groups in total. The molecule has 0 aliphatic heterocycles. The first-order valence-corrected chi connectivity index (χ1v) is 19.9. The van der Waals surface area contributed by atoms with Gasteiger partial charge in [0.1, 0.15) is 12.2 Å². The molecule has 272 valence electrons. The van der Waals surface area contributed by atoms with Crippen LogP contribution >= 0.6 is 0 Å². The molecule has 0 bridgehead atoms. The minimum atomic E-state index is -0.870. The second kappa shape index (κ2) is 12.6. The molecule has 0 unspecified atom stereocenters. The molecule has 0 aromatic carbocycles. The fraction of sp³-hybridized carbons (Fsp3) is 0.727. The van der Waals surface area contributed by atoms with Crippen LogP contribution in [0.5, 0.6) is 0 Å². The lowest BCUT2D eigenvalue weighted by Crippen LogP contribution is -2.50. The van der Waals surface area contributed by atoms with E-state index in [0.29, 0.717) is 36.5 Å². The number of aliphatic hydroxyl groups excluding tert-OH is 2. The summed E-state index contributed by atoms with van der Waals surface area (Å²) in [4.78, 5) is 49.2. The van der Waals surface area contributed by atoms with E-state index < -0.39 is 23.0 Å². The van der Waals surface area contributed by atoms with Crippen molar-refractivity contribution in [1.82, 2.24) is 0 Å². The van der Waals surface area contributed by atoms with E-state index >= 15 is 0 Å². The van der Waals surface area contributed by atoms with Gasteiger partial charge in [0.05, 0.1) is 0 Å². The lowest BCUT2D eigenvalue weighted by molar-refractivity contribution is -0.144. The molecule has 0 saturated heterocycles. The Hall–Kier alpha value is -2.44. The van der Waals surface area contributed by atoms with Crippen molar-refractivity contribution in [3.8, 4) is 0 Å². The van der Waals surface area contributed by atoms with Crippen LogP contribution in [0.15, 0.2) is 45.6 Å². The van der Waals surface area contributed by atoms with E-state index in [9.17, 15) is 29.4 Å². The number of fused-ring (bicyclic) bond motifs is 8. The van der Waals surface area contributed by atoms with Crippen molar-refractivity contribution in [3.63, 3.8) is 0 Å². The Morgan fingerprint density at radius 1 is 0.580 bits per heavy atom. The number of carbonyl (C=O) groups excluding carboxylic acids is 4. The monoisotopic (exact) mass is 684 g/mol. The summed E-state index contributed by atoms with van der Waals surface area (Å²) in [7, 11) is 0. The number of carbonyl (C=O) groups is 4. The van der Waals surface area contributed by atoms with Crippen LogP contribution in [0.25, 0.3) is 0 Å². The van der Waals surface area contributed by atoms with Crippen molar-refractivity contribution in [2.45, 2.75) is 156 Å². The Balaban J connectivity index is 0.000000157. The normalized spacial score (nSPS) is 41.6. The zero-order chi connectivity index (χ0) is 36.0. The summed E-state index contributed by atoms with van der Waals surface area (Å²) in [5.41, 5.74) is 7.92. The molecule has 0 aromatic heterocycles. The molecule has 10 atom stereocenters. The van der Waals surface area contributed by atoms with Crippen LogP contribution in [0.3, 0.4) is 0 Å². The van der Waals surface area contributed by atoms with Crippen molar-refractivity contribution in [2.24, 2.45) is 45.3 Å². The van der Waals surface area contributed by atoms with E-state index in [0.717, 1.165) is 89.9 Å². The van der Waals surface area contributed by atoms with Crippen molar-refractivity contribution in [2.75, 3.05) is 0 Å². The Labute approximate surface area is 299 Å². The molecule has 0 amide bonds. The third kappa shape index (κ3) is 5.23. The van der Waals surface area contributed by atoms with Gasteiger partial charge in [0.25, 0.3) is 0 Å². The smallest absolute Gasteiger partial charge is 0.167 e. The maximum atomic E-state index is 12.8. The summed E-state index contributed by atoms with van der Waals surface area (Å²) in [6.07, 6.45) is 17.6. The Morgan fingerprint density at radius 3 is 1.32 bits per heavy atom. The third-order valence-corrected chi connectivity index (χ3v) is 16.5. The molecule has 4 fully saturated rings. The molecule has 8 rings (SSSR count). The van der Waals surface area contributed by atoms with Crippen molar-refractivity contribution in [3.05, 3.63) is 45.6 Å². The van der Waals surface area contributed by atoms with Gasteiger partial charge in [0.2, 0.25) is 0 Å². The molecule has 6 heteroatoms. The van der Waals surface area contributed by atoms with Gasteiger partial charge in [0, 0.05) is 23.7 Å². The largest absolute Gasteiger partial charge is 0.386 e. The SMILES string of the molecule is C[C@@H](O)C(=O)[C@@]1(C)CC[C@H]2[C@@H]3CCC4=CC(=O)CCC4=C3CC[C@@]21C.C[C@H](O)C(=O)[C@@]1(C)CC[C@H]2[C@@H]3CCC4=CC(=O)CCC4=C3CC[C@@]21C. The highest BCUT2D eigenvalue weighted by Crippen LogP contribution is 2.68. The van der Waals surface area contributed by atoms with Crippen molar-refractivity contribution >= 4 is 23.1 Å². The van der Waals surface area contributed by atoms with Gasteiger partial charge in [-0.3, -0.25) is 19.2 Å². The number of rotatable bonds is 4. The van der Waals surface area contributed by atoms with E-state index in [1.54, 1.807) is 25.0 Å². The lowest BCUT2D eigenvalue weighted by atomic mass is 9.51. The fourth-order valence-electron chi connectivity index (χ4n) is 13.3. The summed E-state index contributed by atoms with van der Waals surface area (Å²) < 4.78 is 0. The van der Waals surface area contributed by atoms with Crippen LogP contribution in [0.1, 0.15) is 144 Å². The van der Waals surface area contributed by atoms with Crippen LogP contribution in [0, 0.1) is 45.3 Å². The fourth-order valence-corrected chi connectivity index (χ4v) is 13.3. The van der Waals surface area contributed by atoms with E-state index in [4.69, 9.17) is 0 Å². The molecular weight excluding hydrogens is 624 g/mol. The molecule has 4 saturated carbocycles. The van der Waals surface area contributed by atoms with Gasteiger partial charge < -0.3 is 10.2 Å². The number of aliphatic hydroxyl groups is 2. The van der Waals surface area contributed by atoms with E-state index in [-0.39, 0.29) is 34.0 Å². The predicted molar refractivity (Wildman–Crippen MR) is 194 cm³/mol. The summed E-state index contributed by atoms with van der Waals surface area (Å²) in [5, 5.41) is 19.9. The van der Waals surface area contributed by atoms with E-state index in [1.807, 2.05) is 12.2 Å². The first-order chi connectivity index (χ1) is 23.6. The van der Waals surface area contributed by atoms with Crippen molar-refractivity contribution in [1.29, 1.82) is 0 Å².